The molecule has 34 heavy (non-hydrogen) atoms. The minimum atomic E-state index is -3.75. The summed E-state index contributed by atoms with van der Waals surface area (Å²) in [7, 11) is -2.20. The number of nitrogens with one attached hydrogen (secondary N) is 1. The molecule has 0 radical (unpaired) electrons. The number of amides is 2. The van der Waals surface area contributed by atoms with Crippen LogP contribution in [-0.2, 0) is 26.2 Å². The van der Waals surface area contributed by atoms with Crippen molar-refractivity contribution >= 4 is 27.5 Å². The number of aryl methyl sites for hydroxylation is 1. The molecule has 0 saturated heterocycles. The first-order chi connectivity index (χ1) is 15.9. The van der Waals surface area contributed by atoms with E-state index >= 15 is 0 Å². The Kier molecular flexibility index (Phi) is 9.49. The highest BCUT2D eigenvalue weighted by molar-refractivity contribution is 7.92. The van der Waals surface area contributed by atoms with Gasteiger partial charge < -0.3 is 15.0 Å². The lowest BCUT2D eigenvalue weighted by molar-refractivity contribution is -0.139. The first kappa shape index (κ1) is 27.2. The van der Waals surface area contributed by atoms with Crippen LogP contribution < -0.4 is 14.4 Å². The van der Waals surface area contributed by atoms with Gasteiger partial charge in [0.15, 0.2) is 0 Å². The summed E-state index contributed by atoms with van der Waals surface area (Å²) in [5.74, 6) is 0.0930. The molecule has 2 amide bonds. The molecule has 1 N–H and O–H groups in total. The maximum Gasteiger partial charge on any atom is 0.244 e. The van der Waals surface area contributed by atoms with Gasteiger partial charge in [0.05, 0.1) is 19.1 Å². The summed E-state index contributed by atoms with van der Waals surface area (Å²) < 4.78 is 31.6. The van der Waals surface area contributed by atoms with Crippen LogP contribution >= 0.6 is 0 Å². The zero-order valence-corrected chi connectivity index (χ0v) is 21.6. The fraction of sp³-hybridized carbons (Fsp3) is 0.440. The number of hydrogen-bond acceptors (Lipinski definition) is 5. The molecule has 8 nitrogen and oxygen atoms in total. The monoisotopic (exact) mass is 489 g/mol. The van der Waals surface area contributed by atoms with E-state index in [0.29, 0.717) is 18.0 Å². The minimum Gasteiger partial charge on any atom is -0.497 e. The highest BCUT2D eigenvalue weighted by atomic mass is 32.2. The first-order valence-electron chi connectivity index (χ1n) is 11.2. The number of anilines is 1. The van der Waals surface area contributed by atoms with Crippen molar-refractivity contribution in [2.24, 2.45) is 5.92 Å². The largest absolute Gasteiger partial charge is 0.497 e. The van der Waals surface area contributed by atoms with Gasteiger partial charge in [-0.15, -0.1) is 0 Å². The molecule has 2 rings (SSSR count). The minimum absolute atomic E-state index is 0.123. The molecule has 0 aliphatic rings. The Morgan fingerprint density at radius 3 is 2.32 bits per heavy atom. The third-order valence-corrected chi connectivity index (χ3v) is 6.53. The van der Waals surface area contributed by atoms with Crippen molar-refractivity contribution in [3.63, 3.8) is 0 Å². The van der Waals surface area contributed by atoms with Crippen LogP contribution in [0.15, 0.2) is 48.5 Å². The van der Waals surface area contributed by atoms with Gasteiger partial charge in [0, 0.05) is 13.1 Å². The van der Waals surface area contributed by atoms with Crippen molar-refractivity contribution in [1.29, 1.82) is 0 Å². The molecular weight excluding hydrogens is 454 g/mol. The number of carbonyl (C=O) groups excluding carboxylic acids is 2. The number of carbonyl (C=O) groups is 2. The van der Waals surface area contributed by atoms with Crippen LogP contribution in [0, 0.1) is 12.8 Å². The summed E-state index contributed by atoms with van der Waals surface area (Å²) >= 11 is 0. The van der Waals surface area contributed by atoms with Gasteiger partial charge in [0.1, 0.15) is 18.3 Å². The van der Waals surface area contributed by atoms with E-state index in [2.05, 4.69) is 5.32 Å². The lowest BCUT2D eigenvalue weighted by Gasteiger charge is -2.32. The normalized spacial score (nSPS) is 12.2. The Labute approximate surface area is 202 Å². The predicted molar refractivity (Wildman–Crippen MR) is 134 cm³/mol. The zero-order valence-electron chi connectivity index (χ0n) is 20.7. The van der Waals surface area contributed by atoms with Gasteiger partial charge in [0.25, 0.3) is 0 Å². The molecule has 0 bridgehead atoms. The fourth-order valence-electron chi connectivity index (χ4n) is 3.44. The molecule has 0 fully saturated rings. The number of nitrogens with zero attached hydrogens (tertiary/aromatic N) is 2. The summed E-state index contributed by atoms with van der Waals surface area (Å²) in [5, 5.41) is 2.86. The molecule has 0 aliphatic heterocycles. The highest BCUT2D eigenvalue weighted by Crippen LogP contribution is 2.23. The highest BCUT2D eigenvalue weighted by Gasteiger charge is 2.30. The van der Waals surface area contributed by atoms with Gasteiger partial charge >= 0.3 is 0 Å². The van der Waals surface area contributed by atoms with Gasteiger partial charge in [-0.25, -0.2) is 8.42 Å². The lowest BCUT2D eigenvalue weighted by Crippen LogP contribution is -2.51. The molecule has 0 aliphatic carbocycles. The Bertz CT molecular complexity index is 1100. The van der Waals surface area contributed by atoms with Crippen LogP contribution in [0.25, 0.3) is 0 Å². The predicted octanol–water partition coefficient (Wildman–Crippen LogP) is 2.96. The first-order valence-corrected chi connectivity index (χ1v) is 13.0. The van der Waals surface area contributed by atoms with Gasteiger partial charge in [-0.05, 0) is 49.1 Å². The molecule has 0 heterocycles. The third-order valence-electron chi connectivity index (χ3n) is 5.40. The van der Waals surface area contributed by atoms with Crippen LogP contribution in [0.3, 0.4) is 0 Å². The molecule has 9 heteroatoms. The van der Waals surface area contributed by atoms with Crippen molar-refractivity contribution < 1.29 is 22.7 Å². The molecule has 186 valence electrons. The molecule has 1 atom stereocenters. The van der Waals surface area contributed by atoms with E-state index in [1.807, 2.05) is 19.9 Å². The van der Waals surface area contributed by atoms with Crippen molar-refractivity contribution in [2.75, 3.05) is 30.8 Å². The maximum atomic E-state index is 13.5. The second-order valence-electron chi connectivity index (χ2n) is 8.74. The molecule has 0 spiro atoms. The SMILES string of the molecule is COc1cccc(CN(C(=O)CN(c2ccccc2C)S(C)(=O)=O)[C@@H](C)C(=O)NCC(C)C)c1. The van der Waals surface area contributed by atoms with Gasteiger partial charge in [0.2, 0.25) is 21.8 Å². The Morgan fingerprint density at radius 2 is 1.74 bits per heavy atom. The topological polar surface area (TPSA) is 96.0 Å². The summed E-state index contributed by atoms with van der Waals surface area (Å²) in [6, 6.07) is 13.4. The van der Waals surface area contributed by atoms with E-state index < -0.39 is 28.5 Å². The van der Waals surface area contributed by atoms with Crippen LogP contribution in [0.5, 0.6) is 5.75 Å². The van der Waals surface area contributed by atoms with Crippen molar-refractivity contribution in [3.05, 3.63) is 59.7 Å². The molecule has 0 aromatic heterocycles. The molecule has 2 aromatic rings. The van der Waals surface area contributed by atoms with Crippen LogP contribution in [0.1, 0.15) is 31.9 Å². The van der Waals surface area contributed by atoms with Gasteiger partial charge in [-0.3, -0.25) is 13.9 Å². The average Bonchev–Trinajstić information content (AvgIpc) is 2.78. The van der Waals surface area contributed by atoms with Crippen molar-refractivity contribution in [1.82, 2.24) is 10.2 Å². The number of rotatable bonds is 11. The van der Waals surface area contributed by atoms with E-state index in [4.69, 9.17) is 4.74 Å². The third kappa shape index (κ3) is 7.48. The van der Waals surface area contributed by atoms with Crippen LogP contribution in [-0.4, -0.2) is 57.6 Å². The van der Waals surface area contributed by atoms with E-state index in [1.54, 1.807) is 63.4 Å². The number of methoxy groups -OCH3 is 1. The smallest absolute Gasteiger partial charge is 0.244 e. The standard InChI is InChI=1S/C25H35N3O5S/c1-18(2)15-26-25(30)20(4)27(16-21-11-9-12-22(14-21)33-5)24(29)17-28(34(6,31)32)23-13-8-7-10-19(23)3/h7-14,18,20H,15-17H2,1-6H3,(H,26,30)/t20-/m0/s1. The maximum absolute atomic E-state index is 13.5. The summed E-state index contributed by atoms with van der Waals surface area (Å²) in [4.78, 5) is 27.8. The quantitative estimate of drug-likeness (QED) is 0.524. The zero-order chi connectivity index (χ0) is 25.5. The second-order valence-corrected chi connectivity index (χ2v) is 10.7. The fourth-order valence-corrected chi connectivity index (χ4v) is 4.35. The molecule has 2 aromatic carbocycles. The number of hydrogen-bond donors (Lipinski definition) is 1. The summed E-state index contributed by atoms with van der Waals surface area (Å²) in [5.41, 5.74) is 1.91. The van der Waals surface area contributed by atoms with Crippen LogP contribution in [0.2, 0.25) is 0 Å². The van der Waals surface area contributed by atoms with E-state index in [-0.39, 0.29) is 18.4 Å². The Balaban J connectivity index is 2.39. The van der Waals surface area contributed by atoms with Crippen molar-refractivity contribution in [3.8, 4) is 5.75 Å². The number of benzene rings is 2. The average molecular weight is 490 g/mol. The number of para-hydroxylation sites is 1. The van der Waals surface area contributed by atoms with Crippen LogP contribution in [0.4, 0.5) is 5.69 Å². The summed E-state index contributed by atoms with van der Waals surface area (Å²) in [6.07, 6.45) is 1.07. The van der Waals surface area contributed by atoms with Gasteiger partial charge in [-0.2, -0.15) is 0 Å². The summed E-state index contributed by atoms with van der Waals surface area (Å²) in [6.45, 7) is 7.57. The Hall–Kier alpha value is -3.07. The number of ether oxygens (including phenoxy) is 1. The number of sulfonamides is 1. The molecule has 0 unspecified atom stereocenters. The van der Waals surface area contributed by atoms with E-state index in [0.717, 1.165) is 21.7 Å². The molecule has 0 saturated carbocycles. The molecular formula is C25H35N3O5S. The van der Waals surface area contributed by atoms with Crippen molar-refractivity contribution in [2.45, 2.75) is 40.3 Å². The van der Waals surface area contributed by atoms with E-state index in [9.17, 15) is 18.0 Å². The van der Waals surface area contributed by atoms with Gasteiger partial charge in [-0.1, -0.05) is 44.2 Å². The second kappa shape index (κ2) is 11.9. The Morgan fingerprint density at radius 1 is 1.06 bits per heavy atom. The lowest BCUT2D eigenvalue weighted by atomic mass is 10.1. The van der Waals surface area contributed by atoms with E-state index in [1.165, 1.54) is 4.90 Å².